The van der Waals surface area contributed by atoms with Crippen molar-refractivity contribution in [3.63, 3.8) is 0 Å². The van der Waals surface area contributed by atoms with Crippen molar-refractivity contribution in [3.8, 4) is 0 Å². The second-order valence-corrected chi connectivity index (χ2v) is 7.65. The molecule has 0 atom stereocenters. The fourth-order valence-corrected chi connectivity index (χ4v) is 4.24. The Bertz CT molecular complexity index is 1130. The highest BCUT2D eigenvalue weighted by Gasteiger charge is 2.24. The van der Waals surface area contributed by atoms with Crippen molar-refractivity contribution < 1.29 is 0 Å². The van der Waals surface area contributed by atoms with Gasteiger partial charge in [-0.15, -0.1) is 0 Å². The number of pyridine rings is 1. The van der Waals surface area contributed by atoms with Gasteiger partial charge >= 0.3 is 0 Å². The molecule has 0 saturated heterocycles. The number of aromatic amines is 1. The predicted octanol–water partition coefficient (Wildman–Crippen LogP) is 2.26. The summed E-state index contributed by atoms with van der Waals surface area (Å²) in [6.07, 6.45) is 5.96. The van der Waals surface area contributed by atoms with Gasteiger partial charge in [0.15, 0.2) is 5.82 Å². The third kappa shape index (κ3) is 3.05. The summed E-state index contributed by atoms with van der Waals surface area (Å²) in [5.41, 5.74) is 4.82. The molecule has 0 aromatic carbocycles. The van der Waals surface area contributed by atoms with E-state index >= 15 is 0 Å². The Morgan fingerprint density at radius 2 is 2.11 bits per heavy atom. The average Bonchev–Trinajstić information content (AvgIpc) is 3.05. The van der Waals surface area contributed by atoms with Crippen molar-refractivity contribution in [3.05, 3.63) is 63.3 Å². The Balaban J connectivity index is 1.41. The molecule has 3 aromatic rings. The summed E-state index contributed by atoms with van der Waals surface area (Å²) in [5, 5.41) is 0. The average molecular weight is 376 g/mol. The fourth-order valence-electron chi connectivity index (χ4n) is 4.24. The molecule has 0 spiro atoms. The van der Waals surface area contributed by atoms with E-state index < -0.39 is 0 Å². The van der Waals surface area contributed by atoms with Gasteiger partial charge in [0, 0.05) is 38.8 Å². The lowest BCUT2D eigenvalue weighted by atomic mass is 10.0. The molecule has 5 heterocycles. The lowest BCUT2D eigenvalue weighted by molar-refractivity contribution is 0.240. The number of aliphatic imine (C=N–C) groups is 1. The zero-order chi connectivity index (χ0) is 19.1. The highest BCUT2D eigenvalue weighted by molar-refractivity contribution is 5.97. The monoisotopic (exact) mass is 376 g/mol. The first-order valence-corrected chi connectivity index (χ1v) is 10.00. The lowest BCUT2D eigenvalue weighted by Gasteiger charge is -2.27. The van der Waals surface area contributed by atoms with Gasteiger partial charge in [-0.05, 0) is 38.3 Å². The first-order valence-electron chi connectivity index (χ1n) is 10.00. The van der Waals surface area contributed by atoms with Gasteiger partial charge in [0.2, 0.25) is 0 Å². The van der Waals surface area contributed by atoms with E-state index in [0.29, 0.717) is 12.4 Å². The molecule has 2 aliphatic rings. The van der Waals surface area contributed by atoms with Crippen LogP contribution in [-0.2, 0) is 19.5 Å². The highest BCUT2D eigenvalue weighted by atomic mass is 16.1. The number of H-pyrrole nitrogens is 1. The van der Waals surface area contributed by atoms with Crippen molar-refractivity contribution in [2.75, 3.05) is 13.1 Å². The van der Waals surface area contributed by atoms with E-state index in [9.17, 15) is 4.79 Å². The molecule has 28 heavy (non-hydrogen) atoms. The van der Waals surface area contributed by atoms with Crippen LogP contribution in [0.15, 0.2) is 34.2 Å². The molecule has 144 valence electrons. The zero-order valence-electron chi connectivity index (χ0n) is 16.1. The maximum Gasteiger partial charge on any atom is 0.255 e. The Hall–Kier alpha value is -2.80. The minimum atomic E-state index is -0.0242. The van der Waals surface area contributed by atoms with E-state index in [1.54, 1.807) is 0 Å². The van der Waals surface area contributed by atoms with Crippen molar-refractivity contribution >= 4 is 11.2 Å². The van der Waals surface area contributed by atoms with Gasteiger partial charge in [0.05, 0.1) is 28.2 Å². The van der Waals surface area contributed by atoms with E-state index in [1.807, 2.05) is 25.3 Å². The van der Waals surface area contributed by atoms with Gasteiger partial charge in [0.25, 0.3) is 5.56 Å². The maximum atomic E-state index is 12.7. The third-order valence-electron chi connectivity index (χ3n) is 5.72. The molecule has 0 fully saturated rings. The molecule has 2 aliphatic heterocycles. The molecule has 3 aromatic heterocycles. The molecule has 0 saturated carbocycles. The van der Waals surface area contributed by atoms with Gasteiger partial charge in [-0.1, -0.05) is 6.07 Å². The number of rotatable bonds is 3. The van der Waals surface area contributed by atoms with E-state index in [-0.39, 0.29) is 5.56 Å². The first-order chi connectivity index (χ1) is 13.7. The molecule has 0 radical (unpaired) electrons. The number of nitrogens with one attached hydrogen (secondary N) is 1. The summed E-state index contributed by atoms with van der Waals surface area (Å²) in [4.78, 5) is 32.1. The number of fused-ring (bicyclic) bond motifs is 2. The van der Waals surface area contributed by atoms with Crippen LogP contribution in [0.3, 0.4) is 0 Å². The molecular weight excluding hydrogens is 352 g/mol. The number of aryl methyl sites for hydroxylation is 1. The maximum absolute atomic E-state index is 12.7. The minimum Gasteiger partial charge on any atom is -0.305 e. The lowest BCUT2D eigenvalue weighted by Crippen LogP contribution is -2.36. The molecule has 0 amide bonds. The van der Waals surface area contributed by atoms with Crippen LogP contribution in [0.4, 0.5) is 0 Å². The molecule has 7 heteroatoms. The van der Waals surface area contributed by atoms with Crippen LogP contribution >= 0.6 is 0 Å². The number of hydrogen-bond donors (Lipinski definition) is 1. The van der Waals surface area contributed by atoms with Crippen LogP contribution in [0, 0.1) is 6.92 Å². The first kappa shape index (κ1) is 17.3. The standard InChI is InChI=1S/C21H24N6O/c1-14-23-18(19-7-3-5-10-27(14)19)13-26-11-8-16-15(12-26)21(28)25-20(24-16)17-6-2-4-9-22-17/h3,5,7,10H,2,4,6,8-9,11-13H2,1H3,(H,24,25,28). The Morgan fingerprint density at radius 3 is 2.96 bits per heavy atom. The van der Waals surface area contributed by atoms with E-state index in [4.69, 9.17) is 9.97 Å². The largest absolute Gasteiger partial charge is 0.305 e. The summed E-state index contributed by atoms with van der Waals surface area (Å²) in [6, 6.07) is 6.15. The quantitative estimate of drug-likeness (QED) is 0.760. The zero-order valence-corrected chi connectivity index (χ0v) is 16.1. The van der Waals surface area contributed by atoms with Gasteiger partial charge in [-0.25, -0.2) is 9.97 Å². The van der Waals surface area contributed by atoms with Crippen LogP contribution in [-0.4, -0.2) is 43.1 Å². The van der Waals surface area contributed by atoms with Crippen molar-refractivity contribution in [2.45, 2.75) is 45.7 Å². The third-order valence-corrected chi connectivity index (χ3v) is 5.72. The molecule has 0 unspecified atom stereocenters. The minimum absolute atomic E-state index is 0.0242. The Morgan fingerprint density at radius 1 is 1.18 bits per heavy atom. The normalized spacial score (nSPS) is 17.5. The Kier molecular flexibility index (Phi) is 4.31. The smallest absolute Gasteiger partial charge is 0.255 e. The molecule has 0 bridgehead atoms. The van der Waals surface area contributed by atoms with E-state index in [1.165, 1.54) is 0 Å². The summed E-state index contributed by atoms with van der Waals surface area (Å²) >= 11 is 0. The van der Waals surface area contributed by atoms with Crippen LogP contribution in [0.2, 0.25) is 0 Å². The second kappa shape index (κ2) is 6.98. The summed E-state index contributed by atoms with van der Waals surface area (Å²) < 4.78 is 2.11. The van der Waals surface area contributed by atoms with Crippen molar-refractivity contribution in [1.29, 1.82) is 0 Å². The van der Waals surface area contributed by atoms with Crippen LogP contribution in [0.25, 0.3) is 5.52 Å². The van der Waals surface area contributed by atoms with Gasteiger partial charge < -0.3 is 9.38 Å². The van der Waals surface area contributed by atoms with Crippen LogP contribution in [0.5, 0.6) is 0 Å². The van der Waals surface area contributed by atoms with Gasteiger partial charge in [-0.2, -0.15) is 0 Å². The number of hydrogen-bond acceptors (Lipinski definition) is 5. The Labute approximate surface area is 163 Å². The number of nitrogens with zero attached hydrogens (tertiary/aromatic N) is 5. The van der Waals surface area contributed by atoms with E-state index in [2.05, 4.69) is 25.3 Å². The van der Waals surface area contributed by atoms with Crippen LogP contribution in [0.1, 0.15) is 47.9 Å². The topological polar surface area (TPSA) is 78.7 Å². The molecule has 1 N–H and O–H groups in total. The number of aromatic nitrogens is 4. The van der Waals surface area contributed by atoms with Gasteiger partial charge in [0.1, 0.15) is 5.82 Å². The van der Waals surface area contributed by atoms with Crippen molar-refractivity contribution in [1.82, 2.24) is 24.3 Å². The van der Waals surface area contributed by atoms with Crippen molar-refractivity contribution in [2.24, 2.45) is 4.99 Å². The molecule has 5 rings (SSSR count). The predicted molar refractivity (Wildman–Crippen MR) is 108 cm³/mol. The fraction of sp³-hybridized carbons (Fsp3) is 0.429. The summed E-state index contributed by atoms with van der Waals surface area (Å²) in [5.74, 6) is 1.66. The van der Waals surface area contributed by atoms with E-state index in [0.717, 1.165) is 79.3 Å². The SMILES string of the molecule is Cc1nc(CN2CCc3nc(C4=NCCCC4)[nH]c(=O)c3C2)c2ccccn12. The second-order valence-electron chi connectivity index (χ2n) is 7.65. The molecular formula is C21H24N6O. The molecule has 0 aliphatic carbocycles. The van der Waals surface area contributed by atoms with Crippen LogP contribution < -0.4 is 5.56 Å². The summed E-state index contributed by atoms with van der Waals surface area (Å²) in [7, 11) is 0. The highest BCUT2D eigenvalue weighted by Crippen LogP contribution is 2.20. The van der Waals surface area contributed by atoms with Gasteiger partial charge in [-0.3, -0.25) is 14.7 Å². The number of imidazole rings is 1. The molecule has 7 nitrogen and oxygen atoms in total. The summed E-state index contributed by atoms with van der Waals surface area (Å²) in [6.45, 7) is 5.07.